The van der Waals surface area contributed by atoms with Crippen LogP contribution in [0.1, 0.15) is 24.8 Å². The summed E-state index contributed by atoms with van der Waals surface area (Å²) in [6.45, 7) is 1.99. The minimum Gasteiger partial charge on any atom is -0.282 e. The van der Waals surface area contributed by atoms with Gasteiger partial charge in [0.15, 0.2) is 0 Å². The first kappa shape index (κ1) is 19.1. The number of para-hydroxylation sites is 1. The van der Waals surface area contributed by atoms with Crippen molar-refractivity contribution in [2.45, 2.75) is 24.2 Å². The third-order valence-electron chi connectivity index (χ3n) is 5.02. The van der Waals surface area contributed by atoms with Gasteiger partial charge < -0.3 is 0 Å². The molecule has 2 heterocycles. The molecule has 4 rings (SSSR count). The number of carbonyl (C=O) groups excluding carboxylic acids is 2. The fourth-order valence-corrected chi connectivity index (χ4v) is 5.00. The zero-order valence-electron chi connectivity index (χ0n) is 15.7. The molecule has 148 valence electrons. The molecule has 0 bridgehead atoms. The summed E-state index contributed by atoms with van der Waals surface area (Å²) in [5.41, 5.74) is 1.20. The van der Waals surface area contributed by atoms with Crippen LogP contribution in [0.3, 0.4) is 0 Å². The minimum atomic E-state index is -4.01. The molecule has 0 saturated carbocycles. The summed E-state index contributed by atoms with van der Waals surface area (Å²) < 4.78 is 29.0. The highest BCUT2D eigenvalue weighted by Crippen LogP contribution is 2.34. The summed E-state index contributed by atoms with van der Waals surface area (Å²) in [4.78, 5) is 30.2. The summed E-state index contributed by atoms with van der Waals surface area (Å²) in [6, 6.07) is 15.1. The van der Waals surface area contributed by atoms with E-state index in [1.54, 1.807) is 49.5 Å². The van der Waals surface area contributed by atoms with Crippen molar-refractivity contribution in [3.63, 3.8) is 0 Å². The van der Waals surface area contributed by atoms with Crippen molar-refractivity contribution in [1.82, 2.24) is 9.88 Å². The van der Waals surface area contributed by atoms with Gasteiger partial charge in [0.2, 0.25) is 11.8 Å². The highest BCUT2D eigenvalue weighted by molar-refractivity contribution is 7.92. The number of fused-ring (bicyclic) bond motifs is 1. The van der Waals surface area contributed by atoms with Crippen LogP contribution in [0.4, 0.5) is 5.69 Å². The van der Waals surface area contributed by atoms with Gasteiger partial charge in [0.1, 0.15) is 0 Å². The lowest BCUT2D eigenvalue weighted by Crippen LogP contribution is -2.30. The fourth-order valence-electron chi connectivity index (χ4n) is 3.66. The molecule has 1 aromatic heterocycles. The van der Waals surface area contributed by atoms with Crippen LogP contribution in [-0.2, 0) is 19.6 Å². The molecular weight excluding hydrogens is 390 g/mol. The number of likely N-dealkylation sites (N-methyl/N-ethyl adjacent to an activating group) is 1. The Morgan fingerprint density at radius 3 is 2.59 bits per heavy atom. The number of hydrogen-bond donors (Lipinski definition) is 1. The second-order valence-corrected chi connectivity index (χ2v) is 8.41. The van der Waals surface area contributed by atoms with Crippen LogP contribution in [0.2, 0.25) is 0 Å². The Bertz CT molecular complexity index is 1220. The quantitative estimate of drug-likeness (QED) is 0.654. The Kier molecular flexibility index (Phi) is 4.79. The average Bonchev–Trinajstić information content (AvgIpc) is 3.01. The largest absolute Gasteiger partial charge is 0.282 e. The second-order valence-electron chi connectivity index (χ2n) is 6.76. The monoisotopic (exact) mass is 409 g/mol. The van der Waals surface area contributed by atoms with Gasteiger partial charge >= 0.3 is 0 Å². The molecule has 1 saturated heterocycles. The predicted octanol–water partition coefficient (Wildman–Crippen LogP) is 2.90. The maximum absolute atomic E-state index is 13.2. The molecule has 2 aromatic carbocycles. The number of nitrogens with one attached hydrogen (secondary N) is 1. The van der Waals surface area contributed by atoms with Crippen LogP contribution in [0.15, 0.2) is 65.7 Å². The lowest BCUT2D eigenvalue weighted by atomic mass is 9.97. The van der Waals surface area contributed by atoms with E-state index in [4.69, 9.17) is 0 Å². The van der Waals surface area contributed by atoms with E-state index in [1.165, 1.54) is 6.07 Å². The number of rotatable bonds is 5. The average molecular weight is 409 g/mol. The van der Waals surface area contributed by atoms with E-state index in [0.29, 0.717) is 16.8 Å². The van der Waals surface area contributed by atoms with E-state index < -0.39 is 15.9 Å². The SMILES string of the molecule is CCN1C(=O)CC(c2ccccc2S(=O)(=O)Nc2cccc3cccnc23)C1=O. The van der Waals surface area contributed by atoms with Crippen molar-refractivity contribution in [1.29, 1.82) is 0 Å². The standard InChI is InChI=1S/C21H19N3O4S/c1-2-24-19(25)13-16(21(24)26)15-9-3-4-11-18(15)29(27,28)23-17-10-5-7-14-8-6-12-22-20(14)17/h3-12,16,23H,2,13H2,1H3. The number of pyridine rings is 1. The topological polar surface area (TPSA) is 96.4 Å². The number of nitrogens with zero attached hydrogens (tertiary/aromatic N) is 2. The zero-order chi connectivity index (χ0) is 20.6. The lowest BCUT2D eigenvalue weighted by molar-refractivity contribution is -0.138. The molecule has 29 heavy (non-hydrogen) atoms. The van der Waals surface area contributed by atoms with Crippen LogP contribution in [0, 0.1) is 0 Å². The van der Waals surface area contributed by atoms with Gasteiger partial charge in [0.05, 0.1) is 22.0 Å². The van der Waals surface area contributed by atoms with E-state index >= 15 is 0 Å². The summed E-state index contributed by atoms with van der Waals surface area (Å²) in [5, 5.41) is 0.802. The third-order valence-corrected chi connectivity index (χ3v) is 6.46. The summed E-state index contributed by atoms with van der Waals surface area (Å²) in [7, 11) is -4.01. The molecule has 1 fully saturated rings. The first-order chi connectivity index (χ1) is 13.9. The van der Waals surface area contributed by atoms with Crippen LogP contribution in [-0.4, -0.2) is 36.7 Å². The molecule has 8 heteroatoms. The number of aromatic nitrogens is 1. The zero-order valence-corrected chi connectivity index (χ0v) is 16.5. The number of benzene rings is 2. The van der Waals surface area contributed by atoms with Crippen molar-refractivity contribution < 1.29 is 18.0 Å². The van der Waals surface area contributed by atoms with Crippen molar-refractivity contribution in [3.8, 4) is 0 Å². The van der Waals surface area contributed by atoms with E-state index in [-0.39, 0.29) is 29.7 Å². The van der Waals surface area contributed by atoms with Gasteiger partial charge in [-0.2, -0.15) is 0 Å². The van der Waals surface area contributed by atoms with E-state index in [2.05, 4.69) is 9.71 Å². The second kappa shape index (κ2) is 7.29. The molecule has 1 atom stereocenters. The highest BCUT2D eigenvalue weighted by Gasteiger charge is 2.40. The maximum Gasteiger partial charge on any atom is 0.262 e. The Morgan fingerprint density at radius 1 is 1.07 bits per heavy atom. The van der Waals surface area contributed by atoms with Crippen LogP contribution < -0.4 is 4.72 Å². The third kappa shape index (κ3) is 3.36. The summed E-state index contributed by atoms with van der Waals surface area (Å²) in [6.07, 6.45) is 1.56. The van der Waals surface area contributed by atoms with Crippen molar-refractivity contribution >= 4 is 38.4 Å². The Labute approximate surface area is 168 Å². The number of anilines is 1. The van der Waals surface area contributed by atoms with Gasteiger partial charge in [0, 0.05) is 24.5 Å². The molecule has 1 unspecified atom stereocenters. The molecule has 1 aliphatic heterocycles. The number of likely N-dealkylation sites (tertiary alicyclic amines) is 1. The van der Waals surface area contributed by atoms with Crippen molar-refractivity contribution in [2.75, 3.05) is 11.3 Å². The molecule has 0 radical (unpaired) electrons. The lowest BCUT2D eigenvalue weighted by Gasteiger charge is -2.17. The van der Waals surface area contributed by atoms with Gasteiger partial charge in [-0.15, -0.1) is 0 Å². The van der Waals surface area contributed by atoms with Gasteiger partial charge in [-0.3, -0.25) is 24.2 Å². The first-order valence-corrected chi connectivity index (χ1v) is 10.7. The number of imide groups is 1. The highest BCUT2D eigenvalue weighted by atomic mass is 32.2. The molecule has 0 spiro atoms. The van der Waals surface area contributed by atoms with Gasteiger partial charge in [-0.1, -0.05) is 36.4 Å². The molecule has 2 amide bonds. The van der Waals surface area contributed by atoms with Gasteiger partial charge in [-0.05, 0) is 30.7 Å². The van der Waals surface area contributed by atoms with Crippen LogP contribution >= 0.6 is 0 Å². The summed E-state index contributed by atoms with van der Waals surface area (Å²) in [5.74, 6) is -1.46. The molecule has 3 aromatic rings. The minimum absolute atomic E-state index is 0.0166. The molecule has 7 nitrogen and oxygen atoms in total. The van der Waals surface area contributed by atoms with Gasteiger partial charge in [0.25, 0.3) is 10.0 Å². The molecule has 1 N–H and O–H groups in total. The maximum atomic E-state index is 13.2. The van der Waals surface area contributed by atoms with E-state index in [9.17, 15) is 18.0 Å². The Morgan fingerprint density at radius 2 is 1.83 bits per heavy atom. The Balaban J connectivity index is 1.75. The van der Waals surface area contributed by atoms with Crippen molar-refractivity contribution in [2.24, 2.45) is 0 Å². The van der Waals surface area contributed by atoms with Gasteiger partial charge in [-0.25, -0.2) is 8.42 Å². The number of amides is 2. The molecule has 0 aliphatic carbocycles. The Hall–Kier alpha value is -3.26. The van der Waals surface area contributed by atoms with E-state index in [1.807, 2.05) is 12.1 Å². The number of sulfonamides is 1. The van der Waals surface area contributed by atoms with Crippen molar-refractivity contribution in [3.05, 3.63) is 66.4 Å². The fraction of sp³-hybridized carbons (Fsp3) is 0.190. The summed E-state index contributed by atoms with van der Waals surface area (Å²) >= 11 is 0. The molecular formula is C21H19N3O4S. The predicted molar refractivity (Wildman–Crippen MR) is 109 cm³/mol. The van der Waals surface area contributed by atoms with Crippen LogP contribution in [0.25, 0.3) is 10.9 Å². The number of carbonyl (C=O) groups is 2. The normalized spacial score (nSPS) is 17.1. The first-order valence-electron chi connectivity index (χ1n) is 9.22. The van der Waals surface area contributed by atoms with E-state index in [0.717, 1.165) is 10.3 Å². The van der Waals surface area contributed by atoms with Crippen LogP contribution in [0.5, 0.6) is 0 Å². The molecule has 1 aliphatic rings. The number of hydrogen-bond acceptors (Lipinski definition) is 5. The smallest absolute Gasteiger partial charge is 0.262 e.